The Kier molecular flexibility index (Phi) is 7.09. The molecule has 0 saturated heterocycles. The number of carbonyl (C=O) groups is 2. The summed E-state index contributed by atoms with van der Waals surface area (Å²) in [5.41, 5.74) is 1.32. The van der Waals surface area contributed by atoms with E-state index >= 15 is 0 Å². The van der Waals surface area contributed by atoms with Gasteiger partial charge in [0.2, 0.25) is 5.91 Å². The van der Waals surface area contributed by atoms with Crippen LogP contribution in [0.2, 0.25) is 0 Å². The quantitative estimate of drug-likeness (QED) is 0.509. The maximum Gasteiger partial charge on any atom is 0.273 e. The molecule has 1 heterocycles. The molecule has 0 radical (unpaired) electrons. The van der Waals surface area contributed by atoms with Gasteiger partial charge in [-0.25, -0.2) is 4.39 Å². The number of aromatic nitrogens is 2. The van der Waals surface area contributed by atoms with Gasteiger partial charge in [-0.3, -0.25) is 14.3 Å². The molecule has 0 aliphatic heterocycles. The Morgan fingerprint density at radius 3 is 2.52 bits per heavy atom. The third kappa shape index (κ3) is 5.54. The van der Waals surface area contributed by atoms with Crippen molar-refractivity contribution in [1.29, 1.82) is 5.26 Å². The predicted octanol–water partition coefficient (Wildman–Crippen LogP) is 2.35. The number of aliphatic hydroxyl groups is 1. The number of hydrogen-bond acceptors (Lipinski definition) is 5. The first kappa shape index (κ1) is 23.9. The molecule has 1 atom stereocenters. The second-order valence-electron chi connectivity index (χ2n) is 8.76. The molecule has 0 fully saturated rings. The average Bonchev–Trinajstić information content (AvgIpc) is 3.12. The lowest BCUT2D eigenvalue weighted by Gasteiger charge is -2.30. The number of nitrogens with one attached hydrogen (secondary N) is 2. The summed E-state index contributed by atoms with van der Waals surface area (Å²) < 4.78 is 15.6. The molecule has 0 aliphatic carbocycles. The molecular formula is C24H26FN5O3. The highest BCUT2D eigenvalue weighted by molar-refractivity contribution is 6.06. The minimum atomic E-state index is -0.899. The molecule has 2 amide bonds. The molecule has 1 aromatic heterocycles. The maximum absolute atomic E-state index is 14.0. The van der Waals surface area contributed by atoms with Crippen LogP contribution < -0.4 is 10.6 Å². The lowest BCUT2D eigenvalue weighted by Crippen LogP contribution is -2.54. The number of carbonyl (C=O) groups excluding carboxylic acids is 2. The summed E-state index contributed by atoms with van der Waals surface area (Å²) >= 11 is 0. The van der Waals surface area contributed by atoms with Crippen molar-refractivity contribution in [2.75, 3.05) is 13.2 Å². The lowest BCUT2D eigenvalue weighted by molar-refractivity contribution is -0.125. The fraction of sp³-hybridized carbons (Fsp3) is 0.333. The number of benzene rings is 2. The number of amides is 2. The van der Waals surface area contributed by atoms with E-state index in [0.29, 0.717) is 23.0 Å². The number of nitrogens with zero attached hydrogens (tertiary/aromatic N) is 3. The van der Waals surface area contributed by atoms with Crippen LogP contribution in [0.1, 0.15) is 42.4 Å². The van der Waals surface area contributed by atoms with Crippen molar-refractivity contribution < 1.29 is 19.1 Å². The van der Waals surface area contributed by atoms with Crippen molar-refractivity contribution in [2.24, 2.45) is 5.41 Å². The Morgan fingerprint density at radius 2 is 1.91 bits per heavy atom. The number of nitriles is 1. The Bertz CT molecular complexity index is 1210. The van der Waals surface area contributed by atoms with Crippen molar-refractivity contribution >= 4 is 22.7 Å². The number of aliphatic hydroxyl groups excluding tert-OH is 1. The summed E-state index contributed by atoms with van der Waals surface area (Å²) in [7, 11) is 0. The van der Waals surface area contributed by atoms with Crippen LogP contribution in [-0.4, -0.2) is 45.9 Å². The van der Waals surface area contributed by atoms with Crippen molar-refractivity contribution in [3.63, 3.8) is 0 Å². The molecule has 0 unspecified atom stereocenters. The Hall–Kier alpha value is -3.77. The van der Waals surface area contributed by atoms with Gasteiger partial charge in [-0.2, -0.15) is 10.4 Å². The van der Waals surface area contributed by atoms with Gasteiger partial charge in [-0.05, 0) is 41.3 Å². The van der Waals surface area contributed by atoms with Crippen LogP contribution in [0.15, 0.2) is 42.5 Å². The third-order valence-corrected chi connectivity index (χ3v) is 5.16. The van der Waals surface area contributed by atoms with Gasteiger partial charge in [0.15, 0.2) is 5.69 Å². The molecule has 172 valence electrons. The minimum absolute atomic E-state index is 0.00218. The highest BCUT2D eigenvalue weighted by Gasteiger charge is 2.34. The second kappa shape index (κ2) is 9.79. The normalized spacial score (nSPS) is 12.2. The fourth-order valence-electron chi connectivity index (χ4n) is 3.45. The van der Waals surface area contributed by atoms with E-state index in [1.165, 1.54) is 12.1 Å². The van der Waals surface area contributed by atoms with Gasteiger partial charge in [0, 0.05) is 11.9 Å². The first-order chi connectivity index (χ1) is 15.6. The van der Waals surface area contributed by atoms with Crippen molar-refractivity contribution in [3.05, 3.63) is 65.1 Å². The van der Waals surface area contributed by atoms with Crippen molar-refractivity contribution in [1.82, 2.24) is 20.4 Å². The highest BCUT2D eigenvalue weighted by Crippen LogP contribution is 2.24. The zero-order valence-electron chi connectivity index (χ0n) is 18.7. The average molecular weight is 452 g/mol. The summed E-state index contributed by atoms with van der Waals surface area (Å²) in [5.74, 6) is -1.55. The molecule has 0 saturated carbocycles. The molecule has 8 nitrogen and oxygen atoms in total. The van der Waals surface area contributed by atoms with Crippen molar-refractivity contribution in [2.45, 2.75) is 33.4 Å². The van der Waals surface area contributed by atoms with E-state index in [1.807, 2.05) is 0 Å². The molecular weight excluding hydrogens is 425 g/mol. The largest absolute Gasteiger partial charge is 0.395 e. The van der Waals surface area contributed by atoms with Gasteiger partial charge < -0.3 is 15.7 Å². The summed E-state index contributed by atoms with van der Waals surface area (Å²) in [6.07, 6.45) is 0. The van der Waals surface area contributed by atoms with Gasteiger partial charge in [-0.15, -0.1) is 0 Å². The topological polar surface area (TPSA) is 120 Å². The summed E-state index contributed by atoms with van der Waals surface area (Å²) in [6.45, 7) is 5.56. The smallest absolute Gasteiger partial charge is 0.273 e. The van der Waals surface area contributed by atoms with E-state index < -0.39 is 29.1 Å². The van der Waals surface area contributed by atoms with Gasteiger partial charge in [-0.1, -0.05) is 32.9 Å². The molecule has 0 bridgehead atoms. The van der Waals surface area contributed by atoms with Gasteiger partial charge in [0.1, 0.15) is 11.9 Å². The standard InChI is InChI=1S/C24H26FN5O3/c1-24(2,3)21(23(33)27-10-11-31)28-22(32)20-18-12-17(25)8-9-19(18)30(29-20)14-16-6-4-15(13-26)5-7-16/h4-9,12,21,31H,10-11,14H2,1-3H3,(H,27,33)(H,28,32)/t21-/m1/s1. The molecule has 0 aliphatic rings. The summed E-state index contributed by atoms with van der Waals surface area (Å²) in [5, 5.41) is 28.0. The van der Waals surface area contributed by atoms with Crippen LogP contribution in [-0.2, 0) is 11.3 Å². The Morgan fingerprint density at radius 1 is 1.21 bits per heavy atom. The van der Waals surface area contributed by atoms with Crippen LogP contribution in [0.4, 0.5) is 4.39 Å². The molecule has 9 heteroatoms. The van der Waals surface area contributed by atoms with Crippen LogP contribution >= 0.6 is 0 Å². The first-order valence-electron chi connectivity index (χ1n) is 10.5. The molecule has 33 heavy (non-hydrogen) atoms. The minimum Gasteiger partial charge on any atom is -0.395 e. The molecule has 0 spiro atoms. The van der Waals surface area contributed by atoms with E-state index in [1.54, 1.807) is 55.8 Å². The number of rotatable bonds is 7. The number of hydrogen-bond donors (Lipinski definition) is 3. The van der Waals surface area contributed by atoms with Crippen LogP contribution in [0.3, 0.4) is 0 Å². The highest BCUT2D eigenvalue weighted by atomic mass is 19.1. The molecule has 2 aromatic carbocycles. The zero-order valence-corrected chi connectivity index (χ0v) is 18.7. The van der Waals surface area contributed by atoms with E-state index in [2.05, 4.69) is 21.8 Å². The molecule has 3 rings (SSSR count). The summed E-state index contributed by atoms with van der Waals surface area (Å²) in [4.78, 5) is 25.8. The molecule has 3 N–H and O–H groups in total. The predicted molar refractivity (Wildman–Crippen MR) is 121 cm³/mol. The molecule has 3 aromatic rings. The fourth-order valence-corrected chi connectivity index (χ4v) is 3.45. The lowest BCUT2D eigenvalue weighted by atomic mass is 9.86. The Balaban J connectivity index is 1.95. The monoisotopic (exact) mass is 451 g/mol. The van der Waals surface area contributed by atoms with Crippen LogP contribution in [0.5, 0.6) is 0 Å². The van der Waals surface area contributed by atoms with E-state index in [-0.39, 0.29) is 18.8 Å². The third-order valence-electron chi connectivity index (χ3n) is 5.16. The second-order valence-corrected chi connectivity index (χ2v) is 8.76. The number of fused-ring (bicyclic) bond motifs is 1. The summed E-state index contributed by atoms with van der Waals surface area (Å²) in [6, 6.07) is 12.2. The SMILES string of the molecule is CC(C)(C)[C@H](NC(=O)c1nn(Cc2ccc(C#N)cc2)c2ccc(F)cc12)C(=O)NCCO. The van der Waals surface area contributed by atoms with Crippen molar-refractivity contribution in [3.8, 4) is 6.07 Å². The number of halogens is 1. The van der Waals surface area contributed by atoms with Gasteiger partial charge >= 0.3 is 0 Å². The maximum atomic E-state index is 14.0. The Labute approximate surface area is 191 Å². The zero-order chi connectivity index (χ0) is 24.2. The van der Waals surface area contributed by atoms with E-state index in [4.69, 9.17) is 10.4 Å². The van der Waals surface area contributed by atoms with Crippen LogP contribution in [0, 0.1) is 22.6 Å². The van der Waals surface area contributed by atoms with E-state index in [0.717, 1.165) is 5.56 Å². The van der Waals surface area contributed by atoms with Gasteiger partial charge in [0.05, 0.1) is 30.3 Å². The van der Waals surface area contributed by atoms with E-state index in [9.17, 15) is 14.0 Å². The first-order valence-corrected chi connectivity index (χ1v) is 10.5. The van der Waals surface area contributed by atoms with Gasteiger partial charge in [0.25, 0.3) is 5.91 Å². The van der Waals surface area contributed by atoms with Crippen LogP contribution in [0.25, 0.3) is 10.9 Å².